The molecule has 5 heteroatoms. The lowest BCUT2D eigenvalue weighted by atomic mass is 10.1. The van der Waals surface area contributed by atoms with E-state index in [1.807, 2.05) is 0 Å². The van der Waals surface area contributed by atoms with E-state index in [4.69, 9.17) is 34.8 Å². The number of hydrogen-bond acceptors (Lipinski definition) is 2. The van der Waals surface area contributed by atoms with Crippen molar-refractivity contribution in [1.29, 1.82) is 0 Å². The molecule has 0 saturated heterocycles. The maximum atomic E-state index is 6.01. The molecule has 0 aliphatic heterocycles. The first-order valence-electron chi connectivity index (χ1n) is 5.32. The molecule has 1 heterocycles. The zero-order valence-corrected chi connectivity index (χ0v) is 11.6. The third-order valence-electron chi connectivity index (χ3n) is 2.26. The molecule has 90 valence electrons. The van der Waals surface area contributed by atoms with E-state index in [1.165, 1.54) is 12.8 Å². The molecule has 1 unspecified atom stereocenters. The first-order chi connectivity index (χ1) is 7.54. The number of pyridine rings is 1. The van der Waals surface area contributed by atoms with Crippen LogP contribution in [0.15, 0.2) is 6.07 Å². The summed E-state index contributed by atoms with van der Waals surface area (Å²) in [5.74, 6) is 0.597. The lowest BCUT2D eigenvalue weighted by Crippen LogP contribution is -2.16. The third kappa shape index (κ3) is 4.00. The maximum Gasteiger partial charge on any atom is 0.150 e. The molecule has 1 aromatic rings. The van der Waals surface area contributed by atoms with Gasteiger partial charge in [0.25, 0.3) is 0 Å². The van der Waals surface area contributed by atoms with Crippen LogP contribution in [-0.4, -0.2) is 11.0 Å². The summed E-state index contributed by atoms with van der Waals surface area (Å²) in [6.07, 6.45) is 3.43. The molecule has 0 saturated carbocycles. The van der Waals surface area contributed by atoms with Crippen LogP contribution in [0.5, 0.6) is 0 Å². The summed E-state index contributed by atoms with van der Waals surface area (Å²) in [4.78, 5) is 4.11. The average Bonchev–Trinajstić information content (AvgIpc) is 2.23. The van der Waals surface area contributed by atoms with Gasteiger partial charge in [-0.1, -0.05) is 54.6 Å². The van der Waals surface area contributed by atoms with Gasteiger partial charge in [0.15, 0.2) is 0 Å². The topological polar surface area (TPSA) is 24.9 Å². The van der Waals surface area contributed by atoms with Gasteiger partial charge in [-0.2, -0.15) is 0 Å². The maximum absolute atomic E-state index is 6.01. The molecule has 0 aromatic carbocycles. The van der Waals surface area contributed by atoms with Crippen LogP contribution in [0.1, 0.15) is 33.1 Å². The van der Waals surface area contributed by atoms with Crippen molar-refractivity contribution in [1.82, 2.24) is 4.98 Å². The van der Waals surface area contributed by atoms with Crippen LogP contribution in [0.4, 0.5) is 5.82 Å². The van der Waals surface area contributed by atoms with Gasteiger partial charge in [-0.25, -0.2) is 4.98 Å². The Kier molecular flexibility index (Phi) is 5.67. The van der Waals surface area contributed by atoms with Crippen LogP contribution in [0.3, 0.4) is 0 Å². The van der Waals surface area contributed by atoms with Crippen molar-refractivity contribution < 1.29 is 0 Å². The molecule has 1 rings (SSSR count). The molecule has 0 spiro atoms. The molecular weight excluding hydrogens is 266 g/mol. The lowest BCUT2D eigenvalue weighted by Gasteiger charge is -2.15. The van der Waals surface area contributed by atoms with E-state index in [9.17, 15) is 0 Å². The van der Waals surface area contributed by atoms with Crippen LogP contribution in [-0.2, 0) is 0 Å². The summed E-state index contributed by atoms with van der Waals surface area (Å²) < 4.78 is 0. The minimum Gasteiger partial charge on any atom is -0.366 e. The highest BCUT2D eigenvalue weighted by Crippen LogP contribution is 2.29. The predicted molar refractivity (Wildman–Crippen MR) is 71.9 cm³/mol. The third-order valence-corrected chi connectivity index (χ3v) is 3.22. The summed E-state index contributed by atoms with van der Waals surface area (Å²) in [7, 11) is 0. The second-order valence-electron chi connectivity index (χ2n) is 3.78. The minimum atomic E-state index is 0.274. The van der Waals surface area contributed by atoms with Gasteiger partial charge in [-0.15, -0.1) is 0 Å². The summed E-state index contributed by atoms with van der Waals surface area (Å²) in [6, 6.07) is 1.93. The standard InChI is InChI=1S/C11H15Cl3N2/c1-3-4-5-7(2)15-11-9(13)6-8(12)10(14)16-11/h6-7H,3-5H2,1-2H3,(H,15,16). The number of anilines is 1. The number of rotatable bonds is 5. The number of halogens is 3. The molecular formula is C11H15Cl3N2. The molecule has 2 nitrogen and oxygen atoms in total. The zero-order valence-electron chi connectivity index (χ0n) is 9.36. The number of aromatic nitrogens is 1. The zero-order chi connectivity index (χ0) is 12.1. The Labute approximate surface area is 111 Å². The molecule has 0 bridgehead atoms. The van der Waals surface area contributed by atoms with E-state index in [0.717, 1.165) is 6.42 Å². The first-order valence-corrected chi connectivity index (χ1v) is 6.46. The van der Waals surface area contributed by atoms with Gasteiger partial charge in [0, 0.05) is 6.04 Å². The molecule has 1 N–H and O–H groups in total. The van der Waals surface area contributed by atoms with Crippen molar-refractivity contribution in [2.45, 2.75) is 39.2 Å². The minimum absolute atomic E-state index is 0.274. The Bertz CT molecular complexity index is 355. The van der Waals surface area contributed by atoms with E-state index in [0.29, 0.717) is 21.9 Å². The highest BCUT2D eigenvalue weighted by Gasteiger charge is 2.10. The fourth-order valence-electron chi connectivity index (χ4n) is 1.36. The molecule has 0 fully saturated rings. The van der Waals surface area contributed by atoms with Gasteiger partial charge in [0.05, 0.1) is 10.0 Å². The van der Waals surface area contributed by atoms with Crippen LogP contribution >= 0.6 is 34.8 Å². The molecule has 16 heavy (non-hydrogen) atoms. The average molecular weight is 282 g/mol. The quantitative estimate of drug-likeness (QED) is 0.765. The number of unbranched alkanes of at least 4 members (excludes halogenated alkanes) is 1. The van der Waals surface area contributed by atoms with Crippen LogP contribution in [0, 0.1) is 0 Å². The fraction of sp³-hybridized carbons (Fsp3) is 0.545. The van der Waals surface area contributed by atoms with Crippen LogP contribution < -0.4 is 5.32 Å². The highest BCUT2D eigenvalue weighted by atomic mass is 35.5. The van der Waals surface area contributed by atoms with E-state index in [-0.39, 0.29) is 5.15 Å². The van der Waals surface area contributed by atoms with E-state index in [2.05, 4.69) is 24.1 Å². The van der Waals surface area contributed by atoms with Crippen LogP contribution in [0.25, 0.3) is 0 Å². The number of nitrogens with one attached hydrogen (secondary N) is 1. The Balaban J connectivity index is 2.69. The van der Waals surface area contributed by atoms with Crippen molar-refractivity contribution in [3.8, 4) is 0 Å². The second-order valence-corrected chi connectivity index (χ2v) is 4.95. The summed E-state index contributed by atoms with van der Waals surface area (Å²) in [5, 5.41) is 4.37. The van der Waals surface area contributed by atoms with Crippen molar-refractivity contribution in [2.75, 3.05) is 5.32 Å². The van der Waals surface area contributed by atoms with E-state index < -0.39 is 0 Å². The molecule has 0 radical (unpaired) electrons. The Morgan fingerprint density at radius 2 is 2.00 bits per heavy atom. The Morgan fingerprint density at radius 3 is 2.62 bits per heavy atom. The molecule has 0 aliphatic rings. The fourth-order valence-corrected chi connectivity index (χ4v) is 1.91. The van der Waals surface area contributed by atoms with Gasteiger partial charge >= 0.3 is 0 Å². The molecule has 0 amide bonds. The molecule has 1 aromatic heterocycles. The van der Waals surface area contributed by atoms with Crippen molar-refractivity contribution >= 4 is 40.6 Å². The van der Waals surface area contributed by atoms with E-state index in [1.54, 1.807) is 6.07 Å². The SMILES string of the molecule is CCCCC(C)Nc1nc(Cl)c(Cl)cc1Cl. The number of nitrogens with zero attached hydrogens (tertiary/aromatic N) is 1. The van der Waals surface area contributed by atoms with Crippen LogP contribution in [0.2, 0.25) is 15.2 Å². The summed E-state index contributed by atoms with van der Waals surface area (Å²) >= 11 is 17.6. The Hall–Kier alpha value is -0.180. The molecule has 0 aliphatic carbocycles. The van der Waals surface area contributed by atoms with Gasteiger partial charge in [0.1, 0.15) is 11.0 Å². The van der Waals surface area contributed by atoms with Gasteiger partial charge in [-0.05, 0) is 19.4 Å². The van der Waals surface area contributed by atoms with Crippen molar-refractivity contribution in [2.24, 2.45) is 0 Å². The predicted octanol–water partition coefficient (Wildman–Crippen LogP) is 5.03. The van der Waals surface area contributed by atoms with Gasteiger partial charge in [0.2, 0.25) is 0 Å². The smallest absolute Gasteiger partial charge is 0.150 e. The van der Waals surface area contributed by atoms with Crippen molar-refractivity contribution in [3.63, 3.8) is 0 Å². The number of hydrogen-bond donors (Lipinski definition) is 1. The summed E-state index contributed by atoms with van der Waals surface area (Å²) in [5.41, 5.74) is 0. The van der Waals surface area contributed by atoms with E-state index >= 15 is 0 Å². The second kappa shape index (κ2) is 6.53. The Morgan fingerprint density at radius 1 is 1.31 bits per heavy atom. The summed E-state index contributed by atoms with van der Waals surface area (Å²) in [6.45, 7) is 4.26. The van der Waals surface area contributed by atoms with Crippen molar-refractivity contribution in [3.05, 3.63) is 21.3 Å². The molecule has 1 atom stereocenters. The lowest BCUT2D eigenvalue weighted by molar-refractivity contribution is 0.643. The monoisotopic (exact) mass is 280 g/mol. The largest absolute Gasteiger partial charge is 0.366 e. The first kappa shape index (κ1) is 13.9. The van der Waals surface area contributed by atoms with Gasteiger partial charge in [-0.3, -0.25) is 0 Å². The normalized spacial score (nSPS) is 12.6. The highest BCUT2D eigenvalue weighted by molar-refractivity contribution is 6.42. The van der Waals surface area contributed by atoms with Gasteiger partial charge < -0.3 is 5.32 Å².